The number of nitrogens with one attached hydrogen (secondary N) is 2. The fourth-order valence-corrected chi connectivity index (χ4v) is 2.21. The Morgan fingerprint density at radius 2 is 1.79 bits per heavy atom. The molecule has 0 saturated carbocycles. The third-order valence-electron chi connectivity index (χ3n) is 3.09. The summed E-state index contributed by atoms with van der Waals surface area (Å²) >= 11 is 0. The van der Waals surface area contributed by atoms with Gasteiger partial charge in [0.2, 0.25) is 5.88 Å². The molecular formula is C16H21N3O5. The number of aromatic amines is 1. The molecule has 2 rings (SSSR count). The summed E-state index contributed by atoms with van der Waals surface area (Å²) in [6, 6.07) is 7.33. The highest BCUT2D eigenvalue weighted by molar-refractivity contribution is 6.04. The normalized spacial score (nSPS) is 10.3. The van der Waals surface area contributed by atoms with E-state index < -0.39 is 12.2 Å². The number of hydrazine groups is 1. The van der Waals surface area contributed by atoms with Gasteiger partial charge in [0, 0.05) is 5.39 Å². The Bertz CT molecular complexity index is 713. The van der Waals surface area contributed by atoms with Crippen molar-refractivity contribution < 1.29 is 23.8 Å². The molecule has 0 aliphatic heterocycles. The second kappa shape index (κ2) is 8.09. The van der Waals surface area contributed by atoms with Crippen LogP contribution in [-0.2, 0) is 9.47 Å². The smallest absolute Gasteiger partial charge is 0.433 e. The molecule has 8 heteroatoms. The van der Waals surface area contributed by atoms with Crippen molar-refractivity contribution in [2.24, 2.45) is 0 Å². The second-order valence-corrected chi connectivity index (χ2v) is 4.65. The number of carbonyl (C=O) groups is 2. The van der Waals surface area contributed by atoms with Crippen LogP contribution in [0.4, 0.5) is 15.3 Å². The van der Waals surface area contributed by atoms with Crippen molar-refractivity contribution in [1.29, 1.82) is 0 Å². The van der Waals surface area contributed by atoms with Crippen molar-refractivity contribution in [3.05, 3.63) is 24.3 Å². The topological polar surface area (TPSA) is 92.9 Å². The molecule has 0 aliphatic carbocycles. The SMILES string of the molecule is CCOC(=O)NN(C(=O)OCC)c1c(OCC)[nH]c2ccccc12. The number of nitrogens with zero attached hydrogens (tertiary/aromatic N) is 1. The summed E-state index contributed by atoms with van der Waals surface area (Å²) < 4.78 is 15.5. The quantitative estimate of drug-likeness (QED) is 0.819. The summed E-state index contributed by atoms with van der Waals surface area (Å²) in [7, 11) is 0. The van der Waals surface area contributed by atoms with Crippen molar-refractivity contribution in [2.75, 3.05) is 24.8 Å². The zero-order chi connectivity index (χ0) is 17.5. The minimum absolute atomic E-state index is 0.159. The summed E-state index contributed by atoms with van der Waals surface area (Å²) in [6.45, 7) is 5.89. The second-order valence-electron chi connectivity index (χ2n) is 4.65. The minimum Gasteiger partial charge on any atom is -0.478 e. The van der Waals surface area contributed by atoms with Gasteiger partial charge in [-0.05, 0) is 26.8 Å². The molecule has 8 nitrogen and oxygen atoms in total. The van der Waals surface area contributed by atoms with E-state index >= 15 is 0 Å². The molecule has 1 aromatic carbocycles. The highest BCUT2D eigenvalue weighted by atomic mass is 16.6. The van der Waals surface area contributed by atoms with E-state index in [0.717, 1.165) is 10.5 Å². The monoisotopic (exact) mass is 335 g/mol. The lowest BCUT2D eigenvalue weighted by Crippen LogP contribution is -2.47. The molecule has 130 valence electrons. The summed E-state index contributed by atoms with van der Waals surface area (Å²) in [5.41, 5.74) is 3.51. The van der Waals surface area contributed by atoms with Gasteiger partial charge in [-0.2, -0.15) is 5.01 Å². The summed E-state index contributed by atoms with van der Waals surface area (Å²) in [6.07, 6.45) is -1.51. The number of hydrogen-bond acceptors (Lipinski definition) is 5. The number of benzene rings is 1. The van der Waals surface area contributed by atoms with E-state index in [4.69, 9.17) is 14.2 Å². The Morgan fingerprint density at radius 1 is 1.08 bits per heavy atom. The van der Waals surface area contributed by atoms with Crippen molar-refractivity contribution in [2.45, 2.75) is 20.8 Å². The molecule has 0 saturated heterocycles. The summed E-state index contributed by atoms with van der Waals surface area (Å²) in [5, 5.41) is 1.69. The Balaban J connectivity index is 2.50. The molecule has 0 unspecified atom stereocenters. The van der Waals surface area contributed by atoms with Crippen LogP contribution in [0.25, 0.3) is 10.9 Å². The molecule has 0 bridgehead atoms. The number of amides is 2. The highest BCUT2D eigenvalue weighted by Crippen LogP contribution is 2.36. The van der Waals surface area contributed by atoms with Gasteiger partial charge in [0.1, 0.15) is 5.69 Å². The molecule has 2 aromatic rings. The lowest BCUT2D eigenvalue weighted by molar-refractivity contribution is 0.138. The number of rotatable bonds is 5. The fraction of sp³-hybridized carbons (Fsp3) is 0.375. The van der Waals surface area contributed by atoms with Crippen LogP contribution in [0.15, 0.2) is 24.3 Å². The number of anilines is 1. The van der Waals surface area contributed by atoms with Crippen LogP contribution in [0.2, 0.25) is 0 Å². The van der Waals surface area contributed by atoms with E-state index in [9.17, 15) is 9.59 Å². The van der Waals surface area contributed by atoms with Gasteiger partial charge >= 0.3 is 12.2 Å². The van der Waals surface area contributed by atoms with E-state index in [-0.39, 0.29) is 13.2 Å². The first-order valence-electron chi connectivity index (χ1n) is 7.76. The van der Waals surface area contributed by atoms with Crippen LogP contribution in [-0.4, -0.2) is 37.0 Å². The Hall–Kier alpha value is -2.90. The van der Waals surface area contributed by atoms with E-state index in [1.165, 1.54) is 0 Å². The molecule has 0 radical (unpaired) electrons. The van der Waals surface area contributed by atoms with Crippen molar-refractivity contribution >= 4 is 28.8 Å². The number of fused-ring (bicyclic) bond motifs is 1. The molecule has 0 aliphatic rings. The summed E-state index contributed by atoms with van der Waals surface area (Å²) in [5.74, 6) is 0.351. The van der Waals surface area contributed by atoms with Gasteiger partial charge in [0.05, 0.1) is 25.3 Å². The number of ether oxygens (including phenoxy) is 3. The lowest BCUT2D eigenvalue weighted by atomic mass is 10.2. The first-order valence-corrected chi connectivity index (χ1v) is 7.76. The predicted octanol–water partition coefficient (Wildman–Crippen LogP) is 3.19. The van der Waals surface area contributed by atoms with E-state index in [1.54, 1.807) is 13.8 Å². The highest BCUT2D eigenvalue weighted by Gasteiger charge is 2.27. The third kappa shape index (κ3) is 3.70. The average molecular weight is 335 g/mol. The number of H-pyrrole nitrogens is 1. The molecular weight excluding hydrogens is 314 g/mol. The van der Waals surface area contributed by atoms with E-state index in [0.29, 0.717) is 23.6 Å². The number of para-hydroxylation sites is 1. The van der Waals surface area contributed by atoms with Gasteiger partial charge in [-0.15, -0.1) is 0 Å². The molecule has 1 heterocycles. The maximum absolute atomic E-state index is 12.3. The van der Waals surface area contributed by atoms with Crippen LogP contribution < -0.4 is 15.2 Å². The lowest BCUT2D eigenvalue weighted by Gasteiger charge is -2.22. The van der Waals surface area contributed by atoms with Crippen LogP contribution in [0.5, 0.6) is 5.88 Å². The molecule has 1 aromatic heterocycles. The fourth-order valence-electron chi connectivity index (χ4n) is 2.21. The maximum Gasteiger partial charge on any atom is 0.433 e. The van der Waals surface area contributed by atoms with Gasteiger partial charge in [-0.25, -0.2) is 15.0 Å². The average Bonchev–Trinajstić information content (AvgIpc) is 2.91. The largest absolute Gasteiger partial charge is 0.478 e. The maximum atomic E-state index is 12.3. The molecule has 24 heavy (non-hydrogen) atoms. The van der Waals surface area contributed by atoms with Gasteiger partial charge in [0.15, 0.2) is 0 Å². The Labute approximate surface area is 139 Å². The van der Waals surface area contributed by atoms with Crippen LogP contribution >= 0.6 is 0 Å². The summed E-state index contributed by atoms with van der Waals surface area (Å²) in [4.78, 5) is 27.3. The molecule has 0 fully saturated rings. The van der Waals surface area contributed by atoms with Crippen molar-refractivity contribution in [1.82, 2.24) is 10.4 Å². The third-order valence-corrected chi connectivity index (χ3v) is 3.09. The van der Waals surface area contributed by atoms with E-state index in [1.807, 2.05) is 31.2 Å². The van der Waals surface area contributed by atoms with Gasteiger partial charge < -0.3 is 19.2 Å². The Morgan fingerprint density at radius 3 is 2.46 bits per heavy atom. The van der Waals surface area contributed by atoms with Crippen LogP contribution in [0.1, 0.15) is 20.8 Å². The van der Waals surface area contributed by atoms with Crippen molar-refractivity contribution in [3.63, 3.8) is 0 Å². The first kappa shape index (κ1) is 17.5. The van der Waals surface area contributed by atoms with Crippen molar-refractivity contribution in [3.8, 4) is 5.88 Å². The van der Waals surface area contributed by atoms with Gasteiger partial charge in [-0.3, -0.25) is 0 Å². The predicted molar refractivity (Wildman–Crippen MR) is 89.1 cm³/mol. The minimum atomic E-state index is -0.765. The number of aromatic nitrogens is 1. The molecule has 0 atom stereocenters. The zero-order valence-corrected chi connectivity index (χ0v) is 13.9. The number of carbonyl (C=O) groups excluding carboxylic acids is 2. The van der Waals surface area contributed by atoms with Gasteiger partial charge in [-0.1, -0.05) is 18.2 Å². The van der Waals surface area contributed by atoms with Crippen LogP contribution in [0.3, 0.4) is 0 Å². The van der Waals surface area contributed by atoms with Crippen LogP contribution in [0, 0.1) is 0 Å². The number of hydrogen-bond donors (Lipinski definition) is 2. The van der Waals surface area contributed by atoms with E-state index in [2.05, 4.69) is 10.4 Å². The standard InChI is InChI=1S/C16H21N3O5/c1-4-22-14-13(11-9-7-8-10-12(11)17-14)19(16(21)24-6-3)18-15(20)23-5-2/h7-10,17H,4-6H2,1-3H3,(H,18,20). The molecule has 0 spiro atoms. The first-order chi connectivity index (χ1) is 11.6. The molecule has 2 amide bonds. The molecule has 2 N–H and O–H groups in total. The zero-order valence-electron chi connectivity index (χ0n) is 13.9. The van der Waals surface area contributed by atoms with Gasteiger partial charge in [0.25, 0.3) is 0 Å². The Kier molecular flexibility index (Phi) is 5.89.